The zero-order valence-electron chi connectivity index (χ0n) is 24.8. The largest absolute Gasteiger partial charge is 0.369 e. The molecule has 0 saturated carbocycles. The maximum absolute atomic E-state index is 12.2. The van der Waals surface area contributed by atoms with Crippen molar-refractivity contribution >= 4 is 28.6 Å². The van der Waals surface area contributed by atoms with Crippen LogP contribution in [0.25, 0.3) is 22.6 Å². The quantitative estimate of drug-likeness (QED) is 0.391. The van der Waals surface area contributed by atoms with Crippen molar-refractivity contribution in [2.24, 2.45) is 0 Å². The third-order valence-corrected chi connectivity index (χ3v) is 8.23. The molecule has 216 valence electrons. The van der Waals surface area contributed by atoms with Gasteiger partial charge < -0.3 is 24.6 Å². The Balaban J connectivity index is 1.40. The second-order valence-corrected chi connectivity index (χ2v) is 11.7. The third kappa shape index (κ3) is 6.39. The van der Waals surface area contributed by atoms with Crippen LogP contribution in [0, 0.1) is 0 Å². The predicted octanol–water partition coefficient (Wildman–Crippen LogP) is 3.40. The molecule has 0 spiro atoms. The predicted molar refractivity (Wildman–Crippen MR) is 162 cm³/mol. The van der Waals surface area contributed by atoms with Gasteiger partial charge in [0.25, 0.3) is 0 Å². The molecule has 0 bridgehead atoms. The van der Waals surface area contributed by atoms with Gasteiger partial charge in [0.1, 0.15) is 5.52 Å². The first kappa shape index (κ1) is 28.3. The van der Waals surface area contributed by atoms with Crippen molar-refractivity contribution in [3.63, 3.8) is 0 Å². The molecule has 10 heteroatoms. The molecular weight excluding hydrogens is 502 g/mol. The molecule has 2 fully saturated rings. The Morgan fingerprint density at radius 2 is 1.68 bits per heavy atom. The summed E-state index contributed by atoms with van der Waals surface area (Å²) in [6.45, 7) is 17.0. The Kier molecular flexibility index (Phi) is 8.85. The zero-order valence-corrected chi connectivity index (χ0v) is 24.8. The number of nitrogens with one attached hydrogen (secondary N) is 1. The number of piperazine rings is 1. The van der Waals surface area contributed by atoms with E-state index >= 15 is 0 Å². The molecule has 2 saturated heterocycles. The molecular formula is C30H45N9O. The molecule has 2 aliphatic heterocycles. The van der Waals surface area contributed by atoms with Crippen LogP contribution in [0.1, 0.15) is 40.5 Å². The lowest BCUT2D eigenvalue weighted by atomic mass is 10.1. The highest BCUT2D eigenvalue weighted by molar-refractivity contribution is 5.85. The fourth-order valence-electron chi connectivity index (χ4n) is 5.83. The van der Waals surface area contributed by atoms with Gasteiger partial charge in [-0.05, 0) is 65.4 Å². The lowest BCUT2D eigenvalue weighted by molar-refractivity contribution is -0.127. The lowest BCUT2D eigenvalue weighted by Gasteiger charge is -2.34. The van der Waals surface area contributed by atoms with E-state index in [0.29, 0.717) is 37.4 Å². The standard InChI is InChI=1S/C30H45N9O/c1-22(2)39(23(3)4)14-12-31-29-27-30(38(21-32-27)20-19-37-13-6-7-26(37)40)34-28(33-29)24-8-10-25(11-9-24)36-17-15-35(5)16-18-36/h8-11,21-23H,6-7,12-20H2,1-5H3,(H,31,33,34). The SMILES string of the molecule is CC(C)N(CCNc1nc(-c2ccc(N3CCN(C)CC3)cc2)nc2c1ncn2CCN1CCCC1=O)C(C)C. The number of fused-ring (bicyclic) bond motifs is 1. The summed E-state index contributed by atoms with van der Waals surface area (Å²) in [6.07, 6.45) is 3.43. The first-order chi connectivity index (χ1) is 19.3. The van der Waals surface area contributed by atoms with E-state index in [4.69, 9.17) is 15.0 Å². The van der Waals surface area contributed by atoms with Crippen LogP contribution in [-0.2, 0) is 11.3 Å². The molecule has 40 heavy (non-hydrogen) atoms. The number of nitrogens with zero attached hydrogens (tertiary/aromatic N) is 8. The Hall–Kier alpha value is -3.24. The second kappa shape index (κ2) is 12.5. The smallest absolute Gasteiger partial charge is 0.222 e. The van der Waals surface area contributed by atoms with Gasteiger partial charge in [-0.2, -0.15) is 0 Å². The number of hydrogen-bond acceptors (Lipinski definition) is 8. The third-order valence-electron chi connectivity index (χ3n) is 8.23. The monoisotopic (exact) mass is 547 g/mol. The molecule has 1 amide bonds. The highest BCUT2D eigenvalue weighted by Gasteiger charge is 2.21. The van der Waals surface area contributed by atoms with E-state index in [1.165, 1.54) is 5.69 Å². The molecule has 2 aromatic heterocycles. The van der Waals surface area contributed by atoms with Crippen LogP contribution < -0.4 is 10.2 Å². The zero-order chi connectivity index (χ0) is 28.2. The number of benzene rings is 1. The number of hydrogen-bond donors (Lipinski definition) is 1. The van der Waals surface area contributed by atoms with Gasteiger partial charge >= 0.3 is 0 Å². The van der Waals surface area contributed by atoms with Gasteiger partial charge in [-0.1, -0.05) is 0 Å². The summed E-state index contributed by atoms with van der Waals surface area (Å²) in [7, 11) is 2.18. The maximum atomic E-state index is 12.2. The lowest BCUT2D eigenvalue weighted by Crippen LogP contribution is -2.44. The first-order valence-electron chi connectivity index (χ1n) is 14.8. The minimum absolute atomic E-state index is 0.238. The van der Waals surface area contributed by atoms with E-state index in [1.807, 2.05) is 11.2 Å². The Bertz CT molecular complexity index is 1270. The molecule has 3 aromatic rings. The molecule has 0 aliphatic carbocycles. The van der Waals surface area contributed by atoms with E-state index in [9.17, 15) is 4.79 Å². The minimum atomic E-state index is 0.238. The summed E-state index contributed by atoms with van der Waals surface area (Å²) in [6, 6.07) is 9.55. The van der Waals surface area contributed by atoms with Crippen LogP contribution in [-0.4, -0.2) is 112 Å². The number of carbonyl (C=O) groups is 1. The highest BCUT2D eigenvalue weighted by atomic mass is 16.2. The summed E-state index contributed by atoms with van der Waals surface area (Å²) < 4.78 is 2.06. The van der Waals surface area contributed by atoms with Crippen LogP contribution in [0.3, 0.4) is 0 Å². The topological polar surface area (TPSA) is 85.7 Å². The van der Waals surface area contributed by atoms with E-state index in [1.54, 1.807) is 0 Å². The Morgan fingerprint density at radius 3 is 2.33 bits per heavy atom. The molecule has 2 aliphatic rings. The molecule has 0 radical (unpaired) electrons. The first-order valence-corrected chi connectivity index (χ1v) is 14.8. The summed E-state index contributed by atoms with van der Waals surface area (Å²) in [4.78, 5) is 36.1. The summed E-state index contributed by atoms with van der Waals surface area (Å²) in [5, 5.41) is 3.58. The van der Waals surface area contributed by atoms with Gasteiger partial charge in [-0.3, -0.25) is 9.69 Å². The molecule has 1 N–H and O–H groups in total. The van der Waals surface area contributed by atoms with E-state index in [-0.39, 0.29) is 5.91 Å². The Morgan fingerprint density at radius 1 is 0.950 bits per heavy atom. The fraction of sp³-hybridized carbons (Fsp3) is 0.600. The van der Waals surface area contributed by atoms with Gasteiger partial charge in [0.05, 0.1) is 6.33 Å². The number of carbonyl (C=O) groups excluding carboxylic acids is 1. The average Bonchev–Trinajstić information content (AvgIpc) is 3.55. The molecule has 0 atom stereocenters. The van der Waals surface area contributed by atoms with Crippen LogP contribution >= 0.6 is 0 Å². The normalized spacial score (nSPS) is 16.9. The number of imidazole rings is 1. The van der Waals surface area contributed by atoms with Gasteiger partial charge in [0.15, 0.2) is 17.3 Å². The van der Waals surface area contributed by atoms with E-state index in [2.05, 4.69) is 83.6 Å². The van der Waals surface area contributed by atoms with Crippen molar-refractivity contribution in [3.8, 4) is 11.4 Å². The number of likely N-dealkylation sites (tertiary alicyclic amines) is 1. The van der Waals surface area contributed by atoms with Crippen molar-refractivity contribution in [1.82, 2.24) is 34.2 Å². The summed E-state index contributed by atoms with van der Waals surface area (Å²) in [5.41, 5.74) is 3.79. The van der Waals surface area contributed by atoms with Gasteiger partial charge in [-0.25, -0.2) is 15.0 Å². The van der Waals surface area contributed by atoms with Crippen molar-refractivity contribution in [3.05, 3.63) is 30.6 Å². The number of anilines is 2. The number of aromatic nitrogens is 4. The summed E-state index contributed by atoms with van der Waals surface area (Å²) in [5.74, 6) is 1.68. The van der Waals surface area contributed by atoms with Gasteiger partial charge in [0, 0.05) is 88.7 Å². The molecule has 5 rings (SSSR count). The van der Waals surface area contributed by atoms with Crippen LogP contribution in [0.15, 0.2) is 30.6 Å². The van der Waals surface area contributed by atoms with Crippen molar-refractivity contribution < 1.29 is 4.79 Å². The maximum Gasteiger partial charge on any atom is 0.222 e. The van der Waals surface area contributed by atoms with Gasteiger partial charge in [-0.15, -0.1) is 0 Å². The van der Waals surface area contributed by atoms with Crippen molar-refractivity contribution in [2.75, 3.05) is 69.6 Å². The molecule has 1 aromatic carbocycles. The molecule has 0 unspecified atom stereocenters. The fourth-order valence-corrected chi connectivity index (χ4v) is 5.83. The highest BCUT2D eigenvalue weighted by Crippen LogP contribution is 2.27. The second-order valence-electron chi connectivity index (χ2n) is 11.7. The average molecular weight is 548 g/mol. The number of amides is 1. The number of rotatable bonds is 11. The molecule has 4 heterocycles. The van der Waals surface area contributed by atoms with Gasteiger partial charge in [0.2, 0.25) is 5.91 Å². The van der Waals surface area contributed by atoms with Crippen molar-refractivity contribution in [2.45, 2.75) is 59.2 Å². The number of likely N-dealkylation sites (N-methyl/N-ethyl adjacent to an activating group) is 1. The van der Waals surface area contributed by atoms with Crippen LogP contribution in [0.2, 0.25) is 0 Å². The van der Waals surface area contributed by atoms with Crippen LogP contribution in [0.4, 0.5) is 11.5 Å². The minimum Gasteiger partial charge on any atom is -0.369 e. The van der Waals surface area contributed by atoms with E-state index in [0.717, 1.165) is 74.8 Å². The summed E-state index contributed by atoms with van der Waals surface area (Å²) >= 11 is 0. The van der Waals surface area contributed by atoms with Crippen molar-refractivity contribution in [1.29, 1.82) is 0 Å². The Labute approximate surface area is 238 Å². The molecule has 10 nitrogen and oxygen atoms in total. The van der Waals surface area contributed by atoms with Crippen LogP contribution in [0.5, 0.6) is 0 Å². The van der Waals surface area contributed by atoms with E-state index < -0.39 is 0 Å².